The third-order valence-corrected chi connectivity index (χ3v) is 5.03. The van der Waals surface area contributed by atoms with Crippen molar-refractivity contribution in [3.05, 3.63) is 16.0 Å². The number of nitrogens with one attached hydrogen (secondary N) is 1. The maximum absolute atomic E-state index is 12.3. The summed E-state index contributed by atoms with van der Waals surface area (Å²) in [6, 6.07) is 0. The molecule has 1 N–H and O–H groups in total. The van der Waals surface area contributed by atoms with E-state index in [4.69, 9.17) is 4.74 Å². The molecular formula is C16H20NO5S-. The van der Waals surface area contributed by atoms with Crippen LogP contribution in [0.4, 0.5) is 5.00 Å². The van der Waals surface area contributed by atoms with Crippen LogP contribution in [0.3, 0.4) is 0 Å². The summed E-state index contributed by atoms with van der Waals surface area (Å²) in [5.41, 5.74) is 1.40. The Morgan fingerprint density at radius 3 is 2.74 bits per heavy atom. The van der Waals surface area contributed by atoms with Crippen molar-refractivity contribution in [1.82, 2.24) is 0 Å². The first kappa shape index (κ1) is 17.5. The molecule has 7 heteroatoms. The summed E-state index contributed by atoms with van der Waals surface area (Å²) in [6.45, 7) is 4.06. The minimum absolute atomic E-state index is 0.178. The Balaban J connectivity index is 2.29. The standard InChI is InChI=1S/C16H21NO5S/c1-3-22-16(21)14-13-9(2)5-4-6-10(13)23-15(14)17-11(18)7-8-12(19)20/h9H,3-8H2,1-2H3,(H,17,18)(H,19,20)/p-1/t9-/m1/s1. The van der Waals surface area contributed by atoms with Crippen molar-refractivity contribution < 1.29 is 24.2 Å². The van der Waals surface area contributed by atoms with Crippen LogP contribution in [0.5, 0.6) is 0 Å². The second-order valence-corrected chi connectivity index (χ2v) is 6.68. The summed E-state index contributed by atoms with van der Waals surface area (Å²) in [5, 5.41) is 13.6. The summed E-state index contributed by atoms with van der Waals surface area (Å²) < 4.78 is 5.13. The van der Waals surface area contributed by atoms with Crippen molar-refractivity contribution in [2.45, 2.75) is 51.9 Å². The third kappa shape index (κ3) is 4.10. The topological polar surface area (TPSA) is 95.5 Å². The molecule has 1 aromatic rings. The van der Waals surface area contributed by atoms with Crippen LogP contribution >= 0.6 is 11.3 Å². The maximum atomic E-state index is 12.3. The lowest BCUT2D eigenvalue weighted by molar-refractivity contribution is -0.305. The van der Waals surface area contributed by atoms with Gasteiger partial charge in [-0.15, -0.1) is 11.3 Å². The molecule has 1 aliphatic rings. The molecule has 0 aromatic carbocycles. The van der Waals surface area contributed by atoms with E-state index in [0.29, 0.717) is 10.6 Å². The van der Waals surface area contributed by atoms with Crippen LogP contribution in [-0.4, -0.2) is 24.5 Å². The lowest BCUT2D eigenvalue weighted by Gasteiger charge is -2.19. The van der Waals surface area contributed by atoms with Gasteiger partial charge >= 0.3 is 5.97 Å². The van der Waals surface area contributed by atoms with Gasteiger partial charge in [0.1, 0.15) is 5.00 Å². The zero-order chi connectivity index (χ0) is 17.0. The van der Waals surface area contributed by atoms with Gasteiger partial charge in [0, 0.05) is 17.3 Å². The minimum Gasteiger partial charge on any atom is -0.550 e. The Labute approximate surface area is 138 Å². The van der Waals surface area contributed by atoms with E-state index in [0.717, 1.165) is 29.7 Å². The van der Waals surface area contributed by atoms with E-state index in [1.165, 1.54) is 11.3 Å². The van der Waals surface area contributed by atoms with E-state index in [9.17, 15) is 19.5 Å². The van der Waals surface area contributed by atoms with Crippen LogP contribution in [0.25, 0.3) is 0 Å². The predicted molar refractivity (Wildman–Crippen MR) is 84.5 cm³/mol. The summed E-state index contributed by atoms with van der Waals surface area (Å²) in [6.07, 6.45) is 2.40. The molecule has 0 saturated heterocycles. The van der Waals surface area contributed by atoms with Crippen LogP contribution < -0.4 is 10.4 Å². The molecule has 0 fully saturated rings. The number of hydrogen-bond acceptors (Lipinski definition) is 6. The molecule has 0 unspecified atom stereocenters. The van der Waals surface area contributed by atoms with Gasteiger partial charge in [0.05, 0.1) is 12.2 Å². The second kappa shape index (κ2) is 7.59. The third-order valence-electron chi connectivity index (χ3n) is 3.84. The van der Waals surface area contributed by atoms with Crippen LogP contribution in [0.15, 0.2) is 0 Å². The van der Waals surface area contributed by atoms with E-state index >= 15 is 0 Å². The molecule has 1 amide bonds. The van der Waals surface area contributed by atoms with Gasteiger partial charge < -0.3 is 20.0 Å². The monoisotopic (exact) mass is 338 g/mol. The Kier molecular flexibility index (Phi) is 5.76. The molecular weight excluding hydrogens is 318 g/mol. The summed E-state index contributed by atoms with van der Waals surface area (Å²) in [7, 11) is 0. The Morgan fingerprint density at radius 2 is 2.09 bits per heavy atom. The number of carboxylic acids is 1. The van der Waals surface area contributed by atoms with Crippen molar-refractivity contribution in [1.29, 1.82) is 0 Å². The van der Waals surface area contributed by atoms with Crippen molar-refractivity contribution in [3.8, 4) is 0 Å². The minimum atomic E-state index is -1.27. The molecule has 1 atom stereocenters. The molecule has 0 bridgehead atoms. The molecule has 2 rings (SSSR count). The van der Waals surface area contributed by atoms with Gasteiger partial charge in [-0.1, -0.05) is 6.92 Å². The number of anilines is 1. The highest BCUT2D eigenvalue weighted by Gasteiger charge is 2.30. The van der Waals surface area contributed by atoms with Crippen LogP contribution in [-0.2, 0) is 20.7 Å². The molecule has 0 saturated carbocycles. The van der Waals surface area contributed by atoms with Gasteiger partial charge in [0.2, 0.25) is 5.91 Å². The lowest BCUT2D eigenvalue weighted by atomic mass is 9.86. The number of carboxylic acid groups (broad SMARTS) is 1. The number of amides is 1. The number of carbonyl (C=O) groups excluding carboxylic acids is 3. The summed E-state index contributed by atoms with van der Waals surface area (Å²) in [5.74, 6) is -1.91. The number of hydrogen-bond donors (Lipinski definition) is 1. The maximum Gasteiger partial charge on any atom is 0.341 e. The van der Waals surface area contributed by atoms with Gasteiger partial charge in [-0.2, -0.15) is 0 Å². The van der Waals surface area contributed by atoms with Crippen LogP contribution in [0, 0.1) is 0 Å². The molecule has 0 aliphatic heterocycles. The number of aryl methyl sites for hydroxylation is 1. The zero-order valence-electron chi connectivity index (χ0n) is 13.3. The highest BCUT2D eigenvalue weighted by atomic mass is 32.1. The van der Waals surface area contributed by atoms with Gasteiger partial charge in [-0.25, -0.2) is 4.79 Å². The number of rotatable bonds is 6. The molecule has 1 aliphatic carbocycles. The van der Waals surface area contributed by atoms with Crippen LogP contribution in [0.1, 0.15) is 66.2 Å². The number of aliphatic carboxylic acids is 1. The fraction of sp³-hybridized carbons (Fsp3) is 0.562. The van der Waals surface area contributed by atoms with Gasteiger partial charge in [0.15, 0.2) is 0 Å². The van der Waals surface area contributed by atoms with Crippen molar-refractivity contribution in [3.63, 3.8) is 0 Å². The number of thiophene rings is 1. The SMILES string of the molecule is CCOC(=O)c1c(NC(=O)CCC(=O)[O-])sc2c1[C@H](C)CCC2. The molecule has 0 spiro atoms. The first-order valence-corrected chi connectivity index (χ1v) is 8.58. The number of carbonyl (C=O) groups is 3. The smallest absolute Gasteiger partial charge is 0.341 e. The molecule has 6 nitrogen and oxygen atoms in total. The second-order valence-electron chi connectivity index (χ2n) is 5.58. The zero-order valence-corrected chi connectivity index (χ0v) is 14.1. The Hall–Kier alpha value is -1.89. The number of ether oxygens (including phenoxy) is 1. The lowest BCUT2D eigenvalue weighted by Crippen LogP contribution is -2.24. The summed E-state index contributed by atoms with van der Waals surface area (Å²) >= 11 is 1.39. The van der Waals surface area contributed by atoms with E-state index < -0.39 is 17.8 Å². The van der Waals surface area contributed by atoms with Crippen molar-refractivity contribution in [2.75, 3.05) is 11.9 Å². The first-order valence-electron chi connectivity index (χ1n) is 7.76. The van der Waals surface area contributed by atoms with E-state index in [1.807, 2.05) is 0 Å². The number of esters is 1. The number of fused-ring (bicyclic) bond motifs is 1. The van der Waals surface area contributed by atoms with Crippen molar-refractivity contribution in [2.24, 2.45) is 0 Å². The molecule has 0 radical (unpaired) electrons. The molecule has 126 valence electrons. The predicted octanol–water partition coefficient (Wildman–Crippen LogP) is 1.83. The van der Waals surface area contributed by atoms with E-state index in [2.05, 4.69) is 12.2 Å². The van der Waals surface area contributed by atoms with Crippen molar-refractivity contribution >= 4 is 34.2 Å². The Morgan fingerprint density at radius 1 is 1.35 bits per heavy atom. The fourth-order valence-corrected chi connectivity index (χ4v) is 4.18. The fourth-order valence-electron chi connectivity index (χ4n) is 2.81. The quantitative estimate of drug-likeness (QED) is 0.798. The molecule has 23 heavy (non-hydrogen) atoms. The molecule has 1 heterocycles. The highest BCUT2D eigenvalue weighted by Crippen LogP contribution is 2.43. The molecule has 1 aromatic heterocycles. The highest BCUT2D eigenvalue weighted by molar-refractivity contribution is 7.17. The van der Waals surface area contributed by atoms with Crippen LogP contribution in [0.2, 0.25) is 0 Å². The van der Waals surface area contributed by atoms with E-state index in [-0.39, 0.29) is 25.4 Å². The van der Waals surface area contributed by atoms with E-state index in [1.54, 1.807) is 6.92 Å². The Bertz CT molecular complexity index is 622. The average molecular weight is 338 g/mol. The normalized spacial score (nSPS) is 16.5. The van der Waals surface area contributed by atoms with Gasteiger partial charge in [-0.3, -0.25) is 4.79 Å². The van der Waals surface area contributed by atoms with Gasteiger partial charge in [-0.05, 0) is 44.1 Å². The largest absolute Gasteiger partial charge is 0.550 e. The summed E-state index contributed by atoms with van der Waals surface area (Å²) in [4.78, 5) is 35.8. The average Bonchev–Trinajstić information content (AvgIpc) is 2.84. The first-order chi connectivity index (χ1) is 10.9. The van der Waals surface area contributed by atoms with Gasteiger partial charge in [0.25, 0.3) is 0 Å².